The number of hydrogen-bond donors (Lipinski definition) is 1. The normalized spacial score (nSPS) is 15.1. The molecule has 0 radical (unpaired) electrons. The molecule has 30 heavy (non-hydrogen) atoms. The summed E-state index contributed by atoms with van der Waals surface area (Å²) in [7, 11) is 1.59. The molecular formula is C21H21ClN4O3S. The minimum atomic E-state index is -0.450. The molecule has 4 rings (SSSR count). The van der Waals surface area contributed by atoms with Crippen LogP contribution in [0, 0.1) is 0 Å². The molecule has 156 valence electrons. The second-order valence-electron chi connectivity index (χ2n) is 6.66. The van der Waals surface area contributed by atoms with Gasteiger partial charge in [0.15, 0.2) is 5.82 Å². The number of morpholine rings is 1. The number of benzene rings is 2. The number of thioether (sulfide) groups is 1. The van der Waals surface area contributed by atoms with Crippen molar-refractivity contribution in [1.29, 1.82) is 0 Å². The Labute approximate surface area is 183 Å². The number of hydrogen-bond acceptors (Lipinski definition) is 6. The summed E-state index contributed by atoms with van der Waals surface area (Å²) in [5.74, 6) is 1.19. The summed E-state index contributed by atoms with van der Waals surface area (Å²) in [5, 5.41) is 7.85. The number of carbonyl (C=O) groups excluding carboxylic acids is 1. The number of amides is 1. The Morgan fingerprint density at radius 1 is 1.23 bits per heavy atom. The molecule has 0 saturated carbocycles. The van der Waals surface area contributed by atoms with Crippen LogP contribution in [-0.2, 0) is 9.53 Å². The van der Waals surface area contributed by atoms with E-state index in [1.807, 2.05) is 35.2 Å². The molecule has 1 atom stereocenters. The lowest BCUT2D eigenvalue weighted by molar-refractivity contribution is -0.134. The summed E-state index contributed by atoms with van der Waals surface area (Å²) in [4.78, 5) is 19.7. The van der Waals surface area contributed by atoms with E-state index < -0.39 is 5.25 Å². The molecular weight excluding hydrogens is 424 g/mol. The van der Waals surface area contributed by atoms with Gasteiger partial charge in [0.1, 0.15) is 11.0 Å². The molecule has 1 aromatic heterocycles. The second kappa shape index (κ2) is 9.51. The van der Waals surface area contributed by atoms with Gasteiger partial charge in [0, 0.05) is 18.1 Å². The third kappa shape index (κ3) is 4.61. The number of nitrogens with zero attached hydrogens (tertiary/aromatic N) is 3. The highest BCUT2D eigenvalue weighted by Crippen LogP contribution is 2.37. The fourth-order valence-electron chi connectivity index (χ4n) is 3.23. The van der Waals surface area contributed by atoms with Crippen molar-refractivity contribution in [2.24, 2.45) is 0 Å². The molecule has 1 aliphatic heterocycles. The Bertz CT molecular complexity index is 1010. The SMILES string of the molecule is COc1ccc(Cl)cc1-c1nc(S[C@@H](C(=O)N2CCOCC2)c2ccccc2)n[nH]1. The smallest absolute Gasteiger partial charge is 0.240 e. The summed E-state index contributed by atoms with van der Waals surface area (Å²) in [5.41, 5.74) is 1.62. The Hall–Kier alpha value is -2.55. The van der Waals surface area contributed by atoms with Crippen molar-refractivity contribution in [3.05, 3.63) is 59.1 Å². The Morgan fingerprint density at radius 3 is 2.73 bits per heavy atom. The summed E-state index contributed by atoms with van der Waals surface area (Å²) < 4.78 is 10.8. The Kier molecular flexibility index (Phi) is 6.56. The van der Waals surface area contributed by atoms with E-state index in [-0.39, 0.29) is 5.91 Å². The molecule has 3 aromatic rings. The quantitative estimate of drug-likeness (QED) is 0.582. The number of rotatable bonds is 6. The van der Waals surface area contributed by atoms with Gasteiger partial charge in [-0.1, -0.05) is 53.7 Å². The minimum Gasteiger partial charge on any atom is -0.496 e. The van der Waals surface area contributed by atoms with Crippen LogP contribution in [0.5, 0.6) is 5.75 Å². The van der Waals surface area contributed by atoms with Crippen molar-refractivity contribution >= 4 is 29.3 Å². The van der Waals surface area contributed by atoms with Gasteiger partial charge in [-0.3, -0.25) is 9.89 Å². The zero-order valence-corrected chi connectivity index (χ0v) is 17.9. The number of aromatic nitrogens is 3. The van der Waals surface area contributed by atoms with E-state index in [0.717, 1.165) is 5.56 Å². The van der Waals surface area contributed by atoms with E-state index in [1.165, 1.54) is 11.8 Å². The van der Waals surface area contributed by atoms with E-state index >= 15 is 0 Å². The van der Waals surface area contributed by atoms with E-state index in [0.29, 0.717) is 53.6 Å². The lowest BCUT2D eigenvalue weighted by Crippen LogP contribution is -2.42. The predicted octanol–water partition coefficient (Wildman–Crippen LogP) is 3.83. The summed E-state index contributed by atoms with van der Waals surface area (Å²) >= 11 is 7.46. The number of ether oxygens (including phenoxy) is 2. The van der Waals surface area contributed by atoms with Crippen molar-refractivity contribution in [1.82, 2.24) is 20.1 Å². The fraction of sp³-hybridized carbons (Fsp3) is 0.286. The highest BCUT2D eigenvalue weighted by molar-refractivity contribution is 8.00. The van der Waals surface area contributed by atoms with Crippen LogP contribution in [0.2, 0.25) is 5.02 Å². The largest absolute Gasteiger partial charge is 0.496 e. The third-order valence-corrected chi connectivity index (χ3v) is 6.09. The van der Waals surface area contributed by atoms with Gasteiger partial charge >= 0.3 is 0 Å². The molecule has 1 aliphatic rings. The lowest BCUT2D eigenvalue weighted by Gasteiger charge is -2.30. The summed E-state index contributed by atoms with van der Waals surface area (Å²) in [6, 6.07) is 15.0. The molecule has 0 spiro atoms. The first-order valence-corrected chi connectivity index (χ1v) is 10.8. The molecule has 0 aliphatic carbocycles. The molecule has 2 aromatic carbocycles. The van der Waals surface area contributed by atoms with Gasteiger partial charge in [0.05, 0.1) is 25.9 Å². The molecule has 7 nitrogen and oxygen atoms in total. The highest BCUT2D eigenvalue weighted by atomic mass is 35.5. The summed E-state index contributed by atoms with van der Waals surface area (Å²) in [6.45, 7) is 2.28. The van der Waals surface area contributed by atoms with Gasteiger partial charge < -0.3 is 14.4 Å². The van der Waals surface area contributed by atoms with Crippen molar-refractivity contribution in [3.8, 4) is 17.1 Å². The van der Waals surface area contributed by atoms with Crippen LogP contribution in [0.1, 0.15) is 10.8 Å². The Balaban J connectivity index is 1.61. The van der Waals surface area contributed by atoms with Crippen LogP contribution in [0.3, 0.4) is 0 Å². The van der Waals surface area contributed by atoms with E-state index in [9.17, 15) is 4.79 Å². The Morgan fingerprint density at radius 2 is 2.00 bits per heavy atom. The van der Waals surface area contributed by atoms with E-state index in [4.69, 9.17) is 21.1 Å². The van der Waals surface area contributed by atoms with Crippen LogP contribution < -0.4 is 4.74 Å². The van der Waals surface area contributed by atoms with Gasteiger partial charge in [0.2, 0.25) is 11.1 Å². The topological polar surface area (TPSA) is 80.3 Å². The van der Waals surface area contributed by atoms with Gasteiger partial charge in [-0.2, -0.15) is 0 Å². The van der Waals surface area contributed by atoms with Crippen molar-refractivity contribution in [3.63, 3.8) is 0 Å². The third-order valence-electron chi connectivity index (χ3n) is 4.75. The first-order valence-electron chi connectivity index (χ1n) is 9.50. The minimum absolute atomic E-state index is 0.0289. The highest BCUT2D eigenvalue weighted by Gasteiger charge is 2.29. The number of halogens is 1. The monoisotopic (exact) mass is 444 g/mol. The van der Waals surface area contributed by atoms with Crippen LogP contribution >= 0.6 is 23.4 Å². The molecule has 2 heterocycles. The van der Waals surface area contributed by atoms with Gasteiger partial charge in [-0.15, -0.1) is 5.10 Å². The van der Waals surface area contributed by atoms with Gasteiger partial charge in [-0.25, -0.2) is 4.98 Å². The number of carbonyl (C=O) groups is 1. The van der Waals surface area contributed by atoms with Crippen molar-refractivity contribution in [2.75, 3.05) is 33.4 Å². The molecule has 0 bridgehead atoms. The van der Waals surface area contributed by atoms with Gasteiger partial charge in [-0.05, 0) is 23.8 Å². The molecule has 1 fully saturated rings. The summed E-state index contributed by atoms with van der Waals surface area (Å²) in [6.07, 6.45) is 0. The molecule has 1 amide bonds. The molecule has 9 heteroatoms. The standard InChI is InChI=1S/C21H21ClN4O3S/c1-28-17-8-7-15(22)13-16(17)19-23-21(25-24-19)30-18(14-5-3-2-4-6-14)20(27)26-9-11-29-12-10-26/h2-8,13,18H,9-12H2,1H3,(H,23,24,25)/t18-/m1/s1. The molecule has 1 N–H and O–H groups in total. The maximum absolute atomic E-state index is 13.3. The van der Waals surface area contributed by atoms with Crippen molar-refractivity contribution < 1.29 is 14.3 Å². The van der Waals surface area contributed by atoms with Crippen LogP contribution in [0.15, 0.2) is 53.7 Å². The van der Waals surface area contributed by atoms with E-state index in [2.05, 4.69) is 15.2 Å². The average Bonchev–Trinajstić information content (AvgIpc) is 3.27. The predicted molar refractivity (Wildman–Crippen MR) is 116 cm³/mol. The van der Waals surface area contributed by atoms with Gasteiger partial charge in [0.25, 0.3) is 0 Å². The van der Waals surface area contributed by atoms with E-state index in [1.54, 1.807) is 25.3 Å². The maximum Gasteiger partial charge on any atom is 0.240 e. The number of H-pyrrole nitrogens is 1. The number of methoxy groups -OCH3 is 1. The van der Waals surface area contributed by atoms with Crippen LogP contribution in [0.4, 0.5) is 0 Å². The van der Waals surface area contributed by atoms with Crippen molar-refractivity contribution in [2.45, 2.75) is 10.4 Å². The average molecular weight is 445 g/mol. The van der Waals surface area contributed by atoms with Crippen LogP contribution in [0.25, 0.3) is 11.4 Å². The zero-order chi connectivity index (χ0) is 20.9. The lowest BCUT2D eigenvalue weighted by atomic mass is 10.1. The first kappa shape index (κ1) is 20.7. The maximum atomic E-state index is 13.3. The number of aromatic amines is 1. The molecule has 0 unspecified atom stereocenters. The first-order chi connectivity index (χ1) is 14.7. The zero-order valence-electron chi connectivity index (χ0n) is 16.4. The fourth-order valence-corrected chi connectivity index (χ4v) is 4.40. The second-order valence-corrected chi connectivity index (χ2v) is 8.17. The molecule has 1 saturated heterocycles. The van der Waals surface area contributed by atoms with Crippen LogP contribution in [-0.4, -0.2) is 59.4 Å². The number of nitrogens with one attached hydrogen (secondary N) is 1.